The second kappa shape index (κ2) is 5.16. The highest BCUT2D eigenvalue weighted by atomic mass is 32.1. The molecule has 1 aromatic heterocycles. The summed E-state index contributed by atoms with van der Waals surface area (Å²) in [6, 6.07) is 0. The molecule has 2 fully saturated rings. The number of nitrogens with one attached hydrogen (secondary N) is 1. The summed E-state index contributed by atoms with van der Waals surface area (Å²) in [5.41, 5.74) is 0.312. The Bertz CT molecular complexity index is 542. The fourth-order valence-corrected chi connectivity index (χ4v) is 3.80. The zero-order valence-electron chi connectivity index (χ0n) is 11.6. The number of carbonyl (C=O) groups is 2. The Morgan fingerprint density at radius 2 is 2.25 bits per heavy atom. The molecule has 0 bridgehead atoms. The van der Waals surface area contributed by atoms with Crippen molar-refractivity contribution >= 4 is 23.2 Å². The van der Waals surface area contributed by atoms with Crippen molar-refractivity contribution in [3.63, 3.8) is 0 Å². The molecule has 2 aliphatic heterocycles. The number of hydrogen-bond donors (Lipinski definition) is 1. The third kappa shape index (κ3) is 2.32. The van der Waals surface area contributed by atoms with Gasteiger partial charge in [-0.2, -0.15) is 0 Å². The Morgan fingerprint density at radius 1 is 1.40 bits per heavy atom. The van der Waals surface area contributed by atoms with E-state index in [9.17, 15) is 9.59 Å². The van der Waals surface area contributed by atoms with Crippen molar-refractivity contribution in [1.82, 2.24) is 15.2 Å². The monoisotopic (exact) mass is 293 g/mol. The van der Waals surface area contributed by atoms with Crippen LogP contribution in [-0.4, -0.2) is 41.3 Å². The van der Waals surface area contributed by atoms with E-state index in [2.05, 4.69) is 10.3 Å². The first-order valence-corrected chi connectivity index (χ1v) is 7.98. The van der Waals surface area contributed by atoms with Gasteiger partial charge in [0.15, 0.2) is 0 Å². The van der Waals surface area contributed by atoms with Gasteiger partial charge in [0.25, 0.3) is 5.91 Å². The second-order valence-corrected chi connectivity index (χ2v) is 6.75. The van der Waals surface area contributed by atoms with E-state index in [0.717, 1.165) is 43.8 Å². The van der Waals surface area contributed by atoms with Crippen molar-refractivity contribution in [2.75, 3.05) is 19.6 Å². The molecule has 1 N–H and O–H groups in total. The highest BCUT2D eigenvalue weighted by Gasteiger charge is 2.43. The standard InChI is InChI=1S/C14H19N3O2S/c1-10-16-11(9-20-10)12(18)17-7-2-3-14(5-8-17)4-6-15-13(14)19/h9H,2-8H2,1H3,(H,15,19)/t14-/m0/s1. The molecule has 1 aromatic rings. The molecule has 1 atom stereocenters. The van der Waals surface area contributed by atoms with E-state index in [4.69, 9.17) is 0 Å². The summed E-state index contributed by atoms with van der Waals surface area (Å²) in [5, 5.41) is 5.67. The van der Waals surface area contributed by atoms with Crippen LogP contribution in [-0.2, 0) is 4.79 Å². The first kappa shape index (κ1) is 13.5. The number of thiazole rings is 1. The average Bonchev–Trinajstić information content (AvgIpc) is 2.93. The summed E-state index contributed by atoms with van der Waals surface area (Å²) in [5.74, 6) is 0.182. The van der Waals surface area contributed by atoms with E-state index in [0.29, 0.717) is 12.2 Å². The van der Waals surface area contributed by atoms with Crippen LogP contribution in [0.3, 0.4) is 0 Å². The Kier molecular flexibility index (Phi) is 3.50. The van der Waals surface area contributed by atoms with Crippen LogP contribution < -0.4 is 5.32 Å². The van der Waals surface area contributed by atoms with Crippen LogP contribution >= 0.6 is 11.3 Å². The van der Waals surface area contributed by atoms with Gasteiger partial charge in [-0.1, -0.05) is 0 Å². The van der Waals surface area contributed by atoms with Crippen molar-refractivity contribution in [3.8, 4) is 0 Å². The molecule has 0 aliphatic carbocycles. The molecular formula is C14H19N3O2S. The van der Waals surface area contributed by atoms with Crippen molar-refractivity contribution in [1.29, 1.82) is 0 Å². The minimum absolute atomic E-state index is 0.00445. The van der Waals surface area contributed by atoms with Gasteiger partial charge in [-0.3, -0.25) is 9.59 Å². The van der Waals surface area contributed by atoms with Gasteiger partial charge in [0, 0.05) is 25.0 Å². The van der Waals surface area contributed by atoms with Crippen LogP contribution in [0.25, 0.3) is 0 Å². The molecule has 0 saturated carbocycles. The summed E-state index contributed by atoms with van der Waals surface area (Å²) in [4.78, 5) is 30.6. The normalized spacial score (nSPS) is 26.6. The van der Waals surface area contributed by atoms with E-state index >= 15 is 0 Å². The van der Waals surface area contributed by atoms with Gasteiger partial charge >= 0.3 is 0 Å². The number of carbonyl (C=O) groups excluding carboxylic acids is 2. The number of aromatic nitrogens is 1. The highest BCUT2D eigenvalue weighted by Crippen LogP contribution is 2.38. The van der Waals surface area contributed by atoms with Crippen LogP contribution in [0.4, 0.5) is 0 Å². The van der Waals surface area contributed by atoms with Crippen molar-refractivity contribution < 1.29 is 9.59 Å². The second-order valence-electron chi connectivity index (χ2n) is 5.68. The Balaban J connectivity index is 1.71. The highest BCUT2D eigenvalue weighted by molar-refractivity contribution is 7.09. The van der Waals surface area contributed by atoms with E-state index in [1.165, 1.54) is 11.3 Å². The summed E-state index contributed by atoms with van der Waals surface area (Å²) in [7, 11) is 0. The van der Waals surface area contributed by atoms with Crippen LogP contribution in [0.15, 0.2) is 5.38 Å². The molecule has 2 saturated heterocycles. The molecule has 2 aliphatic rings. The van der Waals surface area contributed by atoms with Crippen LogP contribution in [0.1, 0.15) is 41.2 Å². The predicted octanol–water partition coefficient (Wildman–Crippen LogP) is 1.58. The molecule has 0 unspecified atom stereocenters. The van der Waals surface area contributed by atoms with Gasteiger partial charge in [0.2, 0.25) is 5.91 Å². The number of amides is 2. The topological polar surface area (TPSA) is 62.3 Å². The summed E-state index contributed by atoms with van der Waals surface area (Å²) in [6.45, 7) is 4.06. The van der Waals surface area contributed by atoms with Crippen molar-refractivity contribution in [3.05, 3.63) is 16.1 Å². The molecule has 3 rings (SSSR count). The lowest BCUT2D eigenvalue weighted by molar-refractivity contribution is -0.128. The molecule has 6 heteroatoms. The summed E-state index contributed by atoms with van der Waals surface area (Å²) >= 11 is 1.50. The van der Waals surface area contributed by atoms with Crippen LogP contribution in [0.2, 0.25) is 0 Å². The fraction of sp³-hybridized carbons (Fsp3) is 0.643. The number of likely N-dealkylation sites (tertiary alicyclic amines) is 1. The van der Waals surface area contributed by atoms with Crippen LogP contribution in [0, 0.1) is 12.3 Å². The lowest BCUT2D eigenvalue weighted by Crippen LogP contribution is -2.35. The Hall–Kier alpha value is -1.43. The maximum Gasteiger partial charge on any atom is 0.273 e. The zero-order chi connectivity index (χ0) is 14.2. The zero-order valence-corrected chi connectivity index (χ0v) is 12.5. The molecule has 0 radical (unpaired) electrons. The van der Waals surface area contributed by atoms with Gasteiger partial charge in [0.1, 0.15) is 5.69 Å². The quantitative estimate of drug-likeness (QED) is 0.855. The molecule has 5 nitrogen and oxygen atoms in total. The third-order valence-electron chi connectivity index (χ3n) is 4.44. The third-order valence-corrected chi connectivity index (χ3v) is 5.21. The lowest BCUT2D eigenvalue weighted by Gasteiger charge is -2.24. The van der Waals surface area contributed by atoms with Gasteiger partial charge in [-0.05, 0) is 32.6 Å². The van der Waals surface area contributed by atoms with E-state index < -0.39 is 0 Å². The number of aryl methyl sites for hydroxylation is 1. The predicted molar refractivity (Wildman–Crippen MR) is 76.7 cm³/mol. The van der Waals surface area contributed by atoms with Gasteiger partial charge in [-0.15, -0.1) is 11.3 Å². The Morgan fingerprint density at radius 3 is 2.90 bits per heavy atom. The smallest absolute Gasteiger partial charge is 0.273 e. The molecule has 20 heavy (non-hydrogen) atoms. The van der Waals surface area contributed by atoms with E-state index in [1.807, 2.05) is 17.2 Å². The van der Waals surface area contributed by atoms with Gasteiger partial charge < -0.3 is 10.2 Å². The molecule has 3 heterocycles. The van der Waals surface area contributed by atoms with E-state index in [1.54, 1.807) is 0 Å². The minimum Gasteiger partial charge on any atom is -0.356 e. The fourth-order valence-electron chi connectivity index (χ4n) is 3.21. The number of nitrogens with zero attached hydrogens (tertiary/aromatic N) is 2. The molecule has 1 spiro atoms. The minimum atomic E-state index is -0.229. The van der Waals surface area contributed by atoms with Crippen molar-refractivity contribution in [2.45, 2.75) is 32.6 Å². The molecule has 2 amide bonds. The van der Waals surface area contributed by atoms with Crippen LogP contribution in [0.5, 0.6) is 0 Å². The molecule has 108 valence electrons. The maximum absolute atomic E-state index is 12.4. The maximum atomic E-state index is 12.4. The van der Waals surface area contributed by atoms with Crippen molar-refractivity contribution in [2.24, 2.45) is 5.41 Å². The first-order chi connectivity index (χ1) is 9.61. The number of hydrogen-bond acceptors (Lipinski definition) is 4. The molecular weight excluding hydrogens is 274 g/mol. The SMILES string of the molecule is Cc1nc(C(=O)N2CCC[C@]3(CCNC3=O)CC2)cs1. The average molecular weight is 293 g/mol. The lowest BCUT2D eigenvalue weighted by atomic mass is 9.79. The van der Waals surface area contributed by atoms with Gasteiger partial charge in [-0.25, -0.2) is 4.98 Å². The van der Waals surface area contributed by atoms with Gasteiger partial charge in [0.05, 0.1) is 10.4 Å². The summed E-state index contributed by atoms with van der Waals surface area (Å²) < 4.78 is 0. The number of rotatable bonds is 1. The van der Waals surface area contributed by atoms with E-state index in [-0.39, 0.29) is 17.2 Å². The first-order valence-electron chi connectivity index (χ1n) is 7.10. The Labute approximate surface area is 122 Å². The molecule has 0 aromatic carbocycles. The summed E-state index contributed by atoms with van der Waals surface area (Å²) in [6.07, 6.45) is 3.46. The largest absolute Gasteiger partial charge is 0.356 e.